The Labute approximate surface area is 218 Å². The lowest BCUT2D eigenvalue weighted by Crippen LogP contribution is -2.48. The Bertz CT molecular complexity index is 1070. The number of carboxylic acids is 1. The van der Waals surface area contributed by atoms with E-state index < -0.39 is 12.0 Å². The van der Waals surface area contributed by atoms with Gasteiger partial charge in [-0.05, 0) is 54.5 Å². The predicted octanol–water partition coefficient (Wildman–Crippen LogP) is 4.13. The van der Waals surface area contributed by atoms with Crippen molar-refractivity contribution < 1.29 is 24.2 Å². The SMILES string of the molecule is NC(COCCCc1ccccc1)C(=O)N[C@H](CCC(=O)O)Cc1ccc(OCc2ccccc2)cc1. The molecule has 0 heterocycles. The van der Waals surface area contributed by atoms with Gasteiger partial charge in [0, 0.05) is 19.1 Å². The molecule has 0 spiro atoms. The van der Waals surface area contributed by atoms with Crippen molar-refractivity contribution in [3.8, 4) is 5.75 Å². The number of nitrogens with two attached hydrogens (primary N) is 1. The van der Waals surface area contributed by atoms with Crippen molar-refractivity contribution in [3.05, 3.63) is 102 Å². The average molecular weight is 505 g/mol. The van der Waals surface area contributed by atoms with Crippen molar-refractivity contribution in [1.29, 1.82) is 0 Å². The van der Waals surface area contributed by atoms with Crippen LogP contribution in [0.15, 0.2) is 84.9 Å². The minimum Gasteiger partial charge on any atom is -0.489 e. The number of nitrogens with one attached hydrogen (secondary N) is 1. The highest BCUT2D eigenvalue weighted by Crippen LogP contribution is 2.16. The third-order valence-electron chi connectivity index (χ3n) is 5.94. The first kappa shape index (κ1) is 27.9. The molecule has 0 aliphatic carbocycles. The van der Waals surface area contributed by atoms with E-state index in [0.29, 0.717) is 26.1 Å². The summed E-state index contributed by atoms with van der Waals surface area (Å²) in [4.78, 5) is 23.8. The second-order valence-corrected chi connectivity index (χ2v) is 9.03. The number of aryl methyl sites for hydroxylation is 1. The van der Waals surface area contributed by atoms with Gasteiger partial charge >= 0.3 is 5.97 Å². The largest absolute Gasteiger partial charge is 0.489 e. The van der Waals surface area contributed by atoms with Crippen molar-refractivity contribution in [1.82, 2.24) is 5.32 Å². The maximum Gasteiger partial charge on any atom is 0.303 e. The number of carbonyl (C=O) groups is 2. The molecule has 3 aromatic rings. The van der Waals surface area contributed by atoms with Crippen LogP contribution in [0.1, 0.15) is 36.0 Å². The quantitative estimate of drug-likeness (QED) is 0.253. The number of amides is 1. The van der Waals surface area contributed by atoms with E-state index in [9.17, 15) is 9.59 Å². The Morgan fingerprint density at radius 3 is 2.16 bits per heavy atom. The van der Waals surface area contributed by atoms with Crippen LogP contribution in [0.4, 0.5) is 0 Å². The number of carboxylic acid groups (broad SMARTS) is 1. The first-order valence-electron chi connectivity index (χ1n) is 12.6. The molecule has 0 bridgehead atoms. The Morgan fingerprint density at radius 2 is 1.51 bits per heavy atom. The molecule has 7 heteroatoms. The van der Waals surface area contributed by atoms with Crippen molar-refractivity contribution in [3.63, 3.8) is 0 Å². The Kier molecular flexibility index (Phi) is 11.6. The van der Waals surface area contributed by atoms with E-state index in [2.05, 4.69) is 17.4 Å². The van der Waals surface area contributed by atoms with E-state index in [1.807, 2.05) is 72.8 Å². The normalized spacial score (nSPS) is 12.5. The lowest BCUT2D eigenvalue weighted by atomic mass is 10.0. The molecule has 0 saturated carbocycles. The summed E-state index contributed by atoms with van der Waals surface area (Å²) in [5, 5.41) is 12.0. The third-order valence-corrected chi connectivity index (χ3v) is 5.94. The highest BCUT2D eigenvalue weighted by atomic mass is 16.5. The summed E-state index contributed by atoms with van der Waals surface area (Å²) in [6.45, 7) is 1.10. The fraction of sp³-hybridized carbons (Fsp3) is 0.333. The molecule has 7 nitrogen and oxygen atoms in total. The minimum atomic E-state index is -0.907. The van der Waals surface area contributed by atoms with Crippen LogP contribution in [-0.4, -0.2) is 42.3 Å². The number of aliphatic carboxylic acids is 1. The number of hydrogen-bond donors (Lipinski definition) is 3. The number of rotatable bonds is 16. The van der Waals surface area contributed by atoms with E-state index in [0.717, 1.165) is 29.7 Å². The first-order valence-corrected chi connectivity index (χ1v) is 12.6. The second kappa shape index (κ2) is 15.4. The van der Waals surface area contributed by atoms with Crippen LogP contribution >= 0.6 is 0 Å². The van der Waals surface area contributed by atoms with E-state index in [1.165, 1.54) is 5.56 Å². The summed E-state index contributed by atoms with van der Waals surface area (Å²) in [7, 11) is 0. The number of ether oxygens (including phenoxy) is 2. The molecule has 0 fully saturated rings. The fourth-order valence-corrected chi connectivity index (χ4v) is 3.89. The zero-order valence-electron chi connectivity index (χ0n) is 21.1. The van der Waals surface area contributed by atoms with Gasteiger partial charge in [-0.25, -0.2) is 0 Å². The zero-order chi connectivity index (χ0) is 26.3. The smallest absolute Gasteiger partial charge is 0.303 e. The monoisotopic (exact) mass is 504 g/mol. The molecule has 4 N–H and O–H groups in total. The van der Waals surface area contributed by atoms with Crippen molar-refractivity contribution in [2.24, 2.45) is 5.73 Å². The summed E-state index contributed by atoms with van der Waals surface area (Å²) in [5.41, 5.74) is 9.33. The summed E-state index contributed by atoms with van der Waals surface area (Å²) < 4.78 is 11.4. The van der Waals surface area contributed by atoms with Gasteiger partial charge in [0.2, 0.25) is 5.91 Å². The van der Waals surface area contributed by atoms with E-state index >= 15 is 0 Å². The topological polar surface area (TPSA) is 111 Å². The van der Waals surface area contributed by atoms with Gasteiger partial charge in [-0.2, -0.15) is 0 Å². The summed E-state index contributed by atoms with van der Waals surface area (Å²) >= 11 is 0. The van der Waals surface area contributed by atoms with E-state index in [-0.39, 0.29) is 25.0 Å². The van der Waals surface area contributed by atoms with Crippen LogP contribution in [0.2, 0.25) is 0 Å². The third kappa shape index (κ3) is 10.9. The Morgan fingerprint density at radius 1 is 0.865 bits per heavy atom. The average Bonchev–Trinajstić information content (AvgIpc) is 2.92. The molecular formula is C30H36N2O5. The lowest BCUT2D eigenvalue weighted by Gasteiger charge is -2.21. The lowest BCUT2D eigenvalue weighted by molar-refractivity contribution is -0.137. The zero-order valence-corrected chi connectivity index (χ0v) is 21.1. The molecule has 196 valence electrons. The van der Waals surface area contributed by atoms with Gasteiger partial charge in [0.25, 0.3) is 0 Å². The number of carbonyl (C=O) groups excluding carboxylic acids is 1. The fourth-order valence-electron chi connectivity index (χ4n) is 3.89. The summed E-state index contributed by atoms with van der Waals surface area (Å²) in [6, 6.07) is 26.5. The van der Waals surface area contributed by atoms with Crippen molar-refractivity contribution in [2.75, 3.05) is 13.2 Å². The minimum absolute atomic E-state index is 0.0472. The molecule has 37 heavy (non-hydrogen) atoms. The number of benzene rings is 3. The van der Waals surface area contributed by atoms with Gasteiger partial charge in [-0.15, -0.1) is 0 Å². The molecule has 3 aromatic carbocycles. The molecule has 1 unspecified atom stereocenters. The highest BCUT2D eigenvalue weighted by Gasteiger charge is 2.20. The van der Waals surface area contributed by atoms with Crippen LogP contribution in [0.5, 0.6) is 5.75 Å². The molecule has 0 aliphatic heterocycles. The molecular weight excluding hydrogens is 468 g/mol. The van der Waals surface area contributed by atoms with E-state index in [4.69, 9.17) is 20.3 Å². The van der Waals surface area contributed by atoms with Gasteiger partial charge in [0.15, 0.2) is 0 Å². The van der Waals surface area contributed by atoms with Crippen LogP contribution in [0.3, 0.4) is 0 Å². The molecule has 0 radical (unpaired) electrons. The van der Waals surface area contributed by atoms with Gasteiger partial charge in [-0.1, -0.05) is 72.8 Å². The molecule has 0 saturated heterocycles. The Balaban J connectivity index is 1.44. The van der Waals surface area contributed by atoms with Crippen molar-refractivity contribution >= 4 is 11.9 Å². The Hall–Kier alpha value is -3.68. The van der Waals surface area contributed by atoms with Gasteiger partial charge in [0.1, 0.15) is 18.4 Å². The van der Waals surface area contributed by atoms with Crippen LogP contribution < -0.4 is 15.8 Å². The van der Waals surface area contributed by atoms with Crippen LogP contribution in [0.25, 0.3) is 0 Å². The predicted molar refractivity (Wildman–Crippen MR) is 143 cm³/mol. The summed E-state index contributed by atoms with van der Waals surface area (Å²) in [5.74, 6) is -0.513. The molecule has 2 atom stereocenters. The maximum absolute atomic E-state index is 12.7. The first-order chi connectivity index (χ1) is 18.0. The van der Waals surface area contributed by atoms with Gasteiger partial charge < -0.3 is 25.6 Å². The van der Waals surface area contributed by atoms with E-state index in [1.54, 1.807) is 0 Å². The molecule has 0 aliphatic rings. The molecule has 3 rings (SSSR count). The maximum atomic E-state index is 12.7. The highest BCUT2D eigenvalue weighted by molar-refractivity contribution is 5.82. The van der Waals surface area contributed by atoms with Crippen LogP contribution in [0, 0.1) is 0 Å². The summed E-state index contributed by atoms with van der Waals surface area (Å²) in [6.07, 6.45) is 2.48. The standard InChI is InChI=1S/C30H36N2O5/c31-28(22-36-19-7-12-23-8-3-1-4-9-23)30(35)32-26(15-18-29(33)34)20-24-13-16-27(17-14-24)37-21-25-10-5-2-6-11-25/h1-6,8-11,13-14,16-17,26,28H,7,12,15,18-22,31H2,(H,32,35)(H,33,34)/t26-,28?/m1/s1. The van der Waals surface area contributed by atoms with Crippen molar-refractivity contribution in [2.45, 2.75) is 50.8 Å². The van der Waals surface area contributed by atoms with Crippen LogP contribution in [-0.2, 0) is 33.8 Å². The number of hydrogen-bond acceptors (Lipinski definition) is 5. The molecule has 1 amide bonds. The second-order valence-electron chi connectivity index (χ2n) is 9.03. The molecule has 0 aromatic heterocycles. The van der Waals surface area contributed by atoms with Gasteiger partial charge in [0.05, 0.1) is 6.61 Å². The van der Waals surface area contributed by atoms with Gasteiger partial charge in [-0.3, -0.25) is 9.59 Å².